The number of furan rings is 1. The molecule has 1 spiro atoms. The van der Waals surface area contributed by atoms with Gasteiger partial charge in [0, 0.05) is 32.9 Å². The topological polar surface area (TPSA) is 16.4 Å². The van der Waals surface area contributed by atoms with Gasteiger partial charge in [0.15, 0.2) is 0 Å². The lowest BCUT2D eigenvalue weighted by Crippen LogP contribution is -2.55. The molecule has 250 valence electrons. The predicted molar refractivity (Wildman–Crippen MR) is 215 cm³/mol. The number of hydrogen-bond acceptors (Lipinski definition) is 2. The van der Waals surface area contributed by atoms with Crippen molar-refractivity contribution in [3.05, 3.63) is 163 Å². The zero-order chi connectivity index (χ0) is 34.0. The maximum atomic E-state index is 6.14. The van der Waals surface area contributed by atoms with Gasteiger partial charge in [0.1, 0.15) is 11.2 Å². The summed E-state index contributed by atoms with van der Waals surface area (Å²) < 4.78 is 6.14. The number of benzene rings is 7. The molecule has 4 saturated carbocycles. The molecule has 0 N–H and O–H groups in total. The first kappa shape index (κ1) is 29.0. The van der Waals surface area contributed by atoms with Gasteiger partial charge in [0.05, 0.1) is 5.69 Å². The van der Waals surface area contributed by atoms with Crippen molar-refractivity contribution in [2.45, 2.75) is 37.5 Å². The predicted octanol–water partition coefficient (Wildman–Crippen LogP) is 13.6. The molecule has 0 saturated heterocycles. The number of rotatable bonds is 4. The lowest BCUT2D eigenvalue weighted by Gasteiger charge is -2.61. The minimum absolute atomic E-state index is 0.172. The number of anilines is 3. The Bertz CT molecular complexity index is 2680. The smallest absolute Gasteiger partial charge is 0.135 e. The number of para-hydroxylation sites is 1. The van der Waals surface area contributed by atoms with Gasteiger partial charge < -0.3 is 9.32 Å². The SMILES string of the molecule is c1ccc2c(c1)-c1cc(N(c3ccc(-c4ccc5oc6ccccc6c5c4)cc3)c3cccc4ccccc34)ccc1C21C2CC3CC(C2)CC1C3. The molecule has 4 fully saturated rings. The van der Waals surface area contributed by atoms with Crippen LogP contribution in [-0.4, -0.2) is 0 Å². The van der Waals surface area contributed by atoms with Crippen molar-refractivity contribution >= 4 is 49.8 Å². The van der Waals surface area contributed by atoms with Crippen LogP contribution in [0, 0.1) is 23.7 Å². The highest BCUT2D eigenvalue weighted by molar-refractivity contribution is 6.06. The summed E-state index contributed by atoms with van der Waals surface area (Å²) >= 11 is 0. The summed E-state index contributed by atoms with van der Waals surface area (Å²) in [6.45, 7) is 0. The molecule has 8 aromatic rings. The van der Waals surface area contributed by atoms with Gasteiger partial charge in [0.25, 0.3) is 0 Å². The van der Waals surface area contributed by atoms with Gasteiger partial charge in [0.2, 0.25) is 0 Å². The van der Waals surface area contributed by atoms with Crippen molar-refractivity contribution in [1.29, 1.82) is 0 Å². The first-order valence-corrected chi connectivity index (χ1v) is 19.3. The summed E-state index contributed by atoms with van der Waals surface area (Å²) in [5.74, 6) is 3.40. The van der Waals surface area contributed by atoms with Crippen LogP contribution in [0.2, 0.25) is 0 Å². The molecule has 2 heteroatoms. The Kier molecular flexibility index (Phi) is 5.98. The van der Waals surface area contributed by atoms with E-state index in [1.165, 1.54) is 76.5 Å². The van der Waals surface area contributed by atoms with Gasteiger partial charge in [-0.1, -0.05) is 103 Å². The fourth-order valence-corrected chi connectivity index (χ4v) is 11.8. The number of hydrogen-bond donors (Lipinski definition) is 0. The summed E-state index contributed by atoms with van der Waals surface area (Å²) in [4.78, 5) is 2.49. The van der Waals surface area contributed by atoms with E-state index < -0.39 is 0 Å². The Balaban J connectivity index is 1.01. The fourth-order valence-electron chi connectivity index (χ4n) is 11.8. The van der Waals surface area contributed by atoms with Gasteiger partial charge in [-0.3, -0.25) is 0 Å². The Labute approximate surface area is 304 Å². The summed E-state index contributed by atoms with van der Waals surface area (Å²) in [5, 5.41) is 4.82. The van der Waals surface area contributed by atoms with Crippen LogP contribution >= 0.6 is 0 Å². The lowest BCUT2D eigenvalue weighted by atomic mass is 9.43. The van der Waals surface area contributed by atoms with Crippen molar-refractivity contribution in [2.75, 3.05) is 4.90 Å². The zero-order valence-corrected chi connectivity index (χ0v) is 29.1. The van der Waals surface area contributed by atoms with E-state index in [0.29, 0.717) is 0 Å². The standard InChI is InChI=1S/C50H39NO/c1-2-10-40-34(8-1)9-7-14-47(40)51(38-19-16-33(17-20-38)35-18-23-49-44(29-35)42-12-4-6-15-48(42)52-49)39-21-22-46-43(30-39)41-11-3-5-13-45(41)50(46)36-25-31-24-32(27-36)28-37(50)26-31/h1-23,29-32,36-37H,24-28H2. The van der Waals surface area contributed by atoms with Gasteiger partial charge in [-0.2, -0.15) is 0 Å². The van der Waals surface area contributed by atoms with Crippen LogP contribution in [0.1, 0.15) is 43.2 Å². The first-order chi connectivity index (χ1) is 25.7. The van der Waals surface area contributed by atoms with E-state index in [9.17, 15) is 0 Å². The van der Waals surface area contributed by atoms with Crippen LogP contribution in [0.5, 0.6) is 0 Å². The molecule has 1 aromatic heterocycles. The number of fused-ring (bicyclic) bond motifs is 7. The molecular weight excluding hydrogens is 631 g/mol. The molecule has 2 nitrogen and oxygen atoms in total. The average molecular weight is 670 g/mol. The summed E-state index contributed by atoms with van der Waals surface area (Å²) in [7, 11) is 0. The van der Waals surface area contributed by atoms with Crippen LogP contribution in [0.25, 0.3) is 55.0 Å². The maximum absolute atomic E-state index is 6.14. The second-order valence-electron chi connectivity index (χ2n) is 16.1. The Morgan fingerprint density at radius 2 is 1.12 bits per heavy atom. The zero-order valence-electron chi connectivity index (χ0n) is 29.1. The first-order valence-electron chi connectivity index (χ1n) is 19.3. The maximum Gasteiger partial charge on any atom is 0.135 e. The quantitative estimate of drug-likeness (QED) is 0.185. The van der Waals surface area contributed by atoms with E-state index in [0.717, 1.165) is 51.3 Å². The molecule has 0 aliphatic heterocycles. The third kappa shape index (κ3) is 3.96. The monoisotopic (exact) mass is 669 g/mol. The summed E-state index contributed by atoms with van der Waals surface area (Å²) in [6, 6.07) is 56.5. The molecule has 7 aromatic carbocycles. The largest absolute Gasteiger partial charge is 0.456 e. The minimum Gasteiger partial charge on any atom is -0.456 e. The van der Waals surface area contributed by atoms with E-state index in [1.54, 1.807) is 11.1 Å². The van der Waals surface area contributed by atoms with E-state index in [1.807, 2.05) is 12.1 Å². The molecule has 0 amide bonds. The molecule has 1 heterocycles. The normalized spacial score (nSPS) is 23.8. The summed E-state index contributed by atoms with van der Waals surface area (Å²) in [6.07, 6.45) is 7.09. The van der Waals surface area contributed by atoms with Crippen molar-refractivity contribution in [3.63, 3.8) is 0 Å². The van der Waals surface area contributed by atoms with Crippen LogP contribution in [0.4, 0.5) is 17.1 Å². The van der Waals surface area contributed by atoms with Gasteiger partial charge in [-0.15, -0.1) is 0 Å². The van der Waals surface area contributed by atoms with Crippen molar-refractivity contribution in [2.24, 2.45) is 23.7 Å². The molecule has 4 bridgehead atoms. The molecule has 5 aliphatic rings. The van der Waals surface area contributed by atoms with Crippen molar-refractivity contribution < 1.29 is 4.42 Å². The molecule has 0 atom stereocenters. The van der Waals surface area contributed by atoms with Gasteiger partial charge >= 0.3 is 0 Å². The van der Waals surface area contributed by atoms with Crippen LogP contribution < -0.4 is 4.90 Å². The molecular formula is C50H39NO. The highest BCUT2D eigenvalue weighted by Gasteiger charge is 2.61. The van der Waals surface area contributed by atoms with E-state index in [4.69, 9.17) is 4.42 Å². The minimum atomic E-state index is 0.172. The Morgan fingerprint density at radius 3 is 1.96 bits per heavy atom. The fraction of sp³-hybridized carbons (Fsp3) is 0.200. The second-order valence-corrected chi connectivity index (χ2v) is 16.1. The third-order valence-corrected chi connectivity index (χ3v) is 13.6. The van der Waals surface area contributed by atoms with Gasteiger partial charge in [-0.25, -0.2) is 0 Å². The molecule has 13 rings (SSSR count). The highest BCUT2D eigenvalue weighted by Crippen LogP contribution is 2.69. The Hall–Kier alpha value is -5.60. The third-order valence-electron chi connectivity index (χ3n) is 13.6. The Morgan fingerprint density at radius 1 is 0.462 bits per heavy atom. The average Bonchev–Trinajstić information content (AvgIpc) is 3.70. The van der Waals surface area contributed by atoms with Crippen molar-refractivity contribution in [1.82, 2.24) is 0 Å². The summed E-state index contributed by atoms with van der Waals surface area (Å²) in [5.41, 5.74) is 14.1. The highest BCUT2D eigenvalue weighted by atomic mass is 16.3. The van der Waals surface area contributed by atoms with E-state index >= 15 is 0 Å². The molecule has 52 heavy (non-hydrogen) atoms. The van der Waals surface area contributed by atoms with Gasteiger partial charge in [-0.05, 0) is 143 Å². The molecule has 0 unspecified atom stereocenters. The lowest BCUT2D eigenvalue weighted by molar-refractivity contribution is -0.0399. The van der Waals surface area contributed by atoms with Crippen molar-refractivity contribution in [3.8, 4) is 22.3 Å². The molecule has 5 aliphatic carbocycles. The van der Waals surface area contributed by atoms with Crippen LogP contribution in [-0.2, 0) is 5.41 Å². The van der Waals surface area contributed by atoms with Crippen LogP contribution in [0.15, 0.2) is 156 Å². The van der Waals surface area contributed by atoms with E-state index in [-0.39, 0.29) is 5.41 Å². The van der Waals surface area contributed by atoms with Crippen LogP contribution in [0.3, 0.4) is 0 Å². The second kappa shape index (κ2) is 10.7. The number of nitrogens with zero attached hydrogens (tertiary/aromatic N) is 1. The van der Waals surface area contributed by atoms with E-state index in [2.05, 4.69) is 144 Å². The molecule has 0 radical (unpaired) electrons.